The van der Waals surface area contributed by atoms with Gasteiger partial charge in [-0.2, -0.15) is 0 Å². The van der Waals surface area contributed by atoms with Crippen molar-refractivity contribution in [3.05, 3.63) is 22.7 Å². The number of ether oxygens (including phenoxy) is 1. The highest BCUT2D eigenvalue weighted by molar-refractivity contribution is 5.84. The Balaban J connectivity index is 1.88. The summed E-state index contributed by atoms with van der Waals surface area (Å²) in [4.78, 5) is 33.1. The van der Waals surface area contributed by atoms with E-state index in [-0.39, 0.29) is 17.8 Å². The molecule has 2 aromatic heterocycles. The van der Waals surface area contributed by atoms with Crippen molar-refractivity contribution < 1.29 is 9.53 Å². The molecule has 2 aromatic rings. The van der Waals surface area contributed by atoms with E-state index in [0.29, 0.717) is 29.9 Å². The predicted molar refractivity (Wildman–Crippen MR) is 90.8 cm³/mol. The van der Waals surface area contributed by atoms with E-state index in [2.05, 4.69) is 9.97 Å². The van der Waals surface area contributed by atoms with Gasteiger partial charge in [0.15, 0.2) is 0 Å². The molecule has 130 valence electrons. The lowest BCUT2D eigenvalue weighted by atomic mass is 10.1. The van der Waals surface area contributed by atoms with E-state index in [1.54, 1.807) is 21.7 Å². The molecule has 8 heteroatoms. The Morgan fingerprint density at radius 3 is 2.92 bits per heavy atom. The van der Waals surface area contributed by atoms with Crippen LogP contribution in [0.5, 0.6) is 0 Å². The van der Waals surface area contributed by atoms with Gasteiger partial charge in [-0.05, 0) is 39.7 Å². The highest BCUT2D eigenvalue weighted by Crippen LogP contribution is 2.26. The minimum Gasteiger partial charge on any atom is -0.444 e. The number of piperidine rings is 1. The van der Waals surface area contributed by atoms with Crippen LogP contribution in [0.2, 0.25) is 0 Å². The third-order valence-corrected chi connectivity index (χ3v) is 4.08. The van der Waals surface area contributed by atoms with Gasteiger partial charge in [0.2, 0.25) is 0 Å². The number of carbonyl (C=O) groups excluding carboxylic acids is 1. The Kier molecular flexibility index (Phi) is 3.98. The van der Waals surface area contributed by atoms with Crippen LogP contribution in [0.1, 0.15) is 39.7 Å². The fourth-order valence-corrected chi connectivity index (χ4v) is 3.09. The number of nitrogens with one attached hydrogen (secondary N) is 1. The number of nitrogen functional groups attached to an aromatic ring is 1. The molecule has 1 amide bonds. The molecule has 0 saturated carbocycles. The number of nitrogens with two attached hydrogens (primary N) is 1. The number of H-pyrrole nitrogens is 1. The topological polar surface area (TPSA) is 106 Å². The minimum absolute atomic E-state index is 0.116. The van der Waals surface area contributed by atoms with E-state index < -0.39 is 5.60 Å². The van der Waals surface area contributed by atoms with Crippen molar-refractivity contribution in [2.24, 2.45) is 0 Å². The number of fused-ring (bicyclic) bond motifs is 1. The number of carbonyl (C=O) groups is 1. The van der Waals surface area contributed by atoms with Crippen LogP contribution >= 0.6 is 0 Å². The second-order valence-electron chi connectivity index (χ2n) is 7.11. The van der Waals surface area contributed by atoms with Crippen molar-refractivity contribution in [2.45, 2.75) is 45.3 Å². The average molecular weight is 333 g/mol. The lowest BCUT2D eigenvalue weighted by Crippen LogP contribution is -2.44. The van der Waals surface area contributed by atoms with E-state index in [9.17, 15) is 9.59 Å². The Bertz CT molecular complexity index is 817. The van der Waals surface area contributed by atoms with Gasteiger partial charge >= 0.3 is 11.8 Å². The minimum atomic E-state index is -0.540. The van der Waals surface area contributed by atoms with Crippen LogP contribution in [0, 0.1) is 0 Å². The van der Waals surface area contributed by atoms with Gasteiger partial charge in [0, 0.05) is 19.3 Å². The molecule has 3 rings (SSSR count). The Morgan fingerprint density at radius 1 is 1.46 bits per heavy atom. The standard InChI is InChI=1S/C16H23N5O3/c1-16(2,3)24-15(23)20-8-4-5-10(9-20)21-11-6-7-18-13(17)12(11)19-14(21)22/h6-7,10H,4-5,8-9H2,1-3H3,(H2,17,18)(H,19,22)/t10-/m1/s1. The molecule has 3 N–H and O–H groups in total. The first-order valence-corrected chi connectivity index (χ1v) is 8.09. The summed E-state index contributed by atoms with van der Waals surface area (Å²) in [7, 11) is 0. The fraction of sp³-hybridized carbons (Fsp3) is 0.562. The van der Waals surface area contributed by atoms with Crippen LogP contribution in [-0.2, 0) is 4.74 Å². The molecule has 0 aromatic carbocycles. The van der Waals surface area contributed by atoms with Crippen LogP contribution in [0.4, 0.5) is 10.6 Å². The van der Waals surface area contributed by atoms with Crippen LogP contribution in [0.25, 0.3) is 11.0 Å². The summed E-state index contributed by atoms with van der Waals surface area (Å²) in [6.45, 7) is 6.58. The lowest BCUT2D eigenvalue weighted by Gasteiger charge is -2.34. The second kappa shape index (κ2) is 5.85. The fourth-order valence-electron chi connectivity index (χ4n) is 3.09. The number of nitrogens with zero attached hydrogens (tertiary/aromatic N) is 3. The number of aromatic amines is 1. The van der Waals surface area contributed by atoms with Crippen molar-refractivity contribution >= 4 is 22.9 Å². The summed E-state index contributed by atoms with van der Waals surface area (Å²) in [5.41, 5.74) is 6.31. The number of rotatable bonds is 1. The van der Waals surface area contributed by atoms with Crippen LogP contribution < -0.4 is 11.4 Å². The maximum absolute atomic E-state index is 12.4. The maximum Gasteiger partial charge on any atom is 0.410 e. The highest BCUT2D eigenvalue weighted by Gasteiger charge is 2.30. The largest absolute Gasteiger partial charge is 0.444 e. The number of hydrogen-bond acceptors (Lipinski definition) is 5. The SMILES string of the molecule is CC(C)(C)OC(=O)N1CCC[C@@H](n2c(=O)[nH]c3c(N)nccc32)C1. The Hall–Kier alpha value is -2.51. The summed E-state index contributed by atoms with van der Waals surface area (Å²) in [6, 6.07) is 1.64. The van der Waals surface area contributed by atoms with Crippen LogP contribution in [-0.4, -0.2) is 44.2 Å². The molecule has 1 saturated heterocycles. The molecule has 1 fully saturated rings. The molecule has 1 aliphatic heterocycles. The molecule has 1 aliphatic rings. The summed E-state index contributed by atoms with van der Waals surface area (Å²) >= 11 is 0. The van der Waals surface area contributed by atoms with Crippen molar-refractivity contribution in [1.29, 1.82) is 0 Å². The molecule has 0 radical (unpaired) electrons. The van der Waals surface area contributed by atoms with Gasteiger partial charge in [-0.15, -0.1) is 0 Å². The molecule has 0 spiro atoms. The van der Waals surface area contributed by atoms with Crippen molar-refractivity contribution in [2.75, 3.05) is 18.8 Å². The van der Waals surface area contributed by atoms with E-state index >= 15 is 0 Å². The van der Waals surface area contributed by atoms with E-state index in [1.807, 2.05) is 20.8 Å². The number of anilines is 1. The highest BCUT2D eigenvalue weighted by atomic mass is 16.6. The lowest BCUT2D eigenvalue weighted by molar-refractivity contribution is 0.0173. The second-order valence-corrected chi connectivity index (χ2v) is 7.11. The van der Waals surface area contributed by atoms with Gasteiger partial charge < -0.3 is 20.4 Å². The summed E-state index contributed by atoms with van der Waals surface area (Å²) in [5, 5.41) is 0. The summed E-state index contributed by atoms with van der Waals surface area (Å²) in [5.74, 6) is 0.295. The smallest absolute Gasteiger partial charge is 0.410 e. The zero-order valence-electron chi connectivity index (χ0n) is 14.2. The van der Waals surface area contributed by atoms with Crippen molar-refractivity contribution in [1.82, 2.24) is 19.4 Å². The zero-order chi connectivity index (χ0) is 17.5. The molecular weight excluding hydrogens is 310 g/mol. The molecule has 3 heterocycles. The van der Waals surface area contributed by atoms with Crippen molar-refractivity contribution in [3.63, 3.8) is 0 Å². The average Bonchev–Trinajstić information content (AvgIpc) is 2.83. The van der Waals surface area contributed by atoms with Gasteiger partial charge in [-0.1, -0.05) is 0 Å². The van der Waals surface area contributed by atoms with E-state index in [4.69, 9.17) is 10.5 Å². The van der Waals surface area contributed by atoms with Gasteiger partial charge in [0.1, 0.15) is 16.9 Å². The first-order chi connectivity index (χ1) is 11.3. The molecule has 0 aliphatic carbocycles. The first-order valence-electron chi connectivity index (χ1n) is 8.09. The van der Waals surface area contributed by atoms with Gasteiger partial charge in [-0.3, -0.25) is 4.57 Å². The van der Waals surface area contributed by atoms with Gasteiger partial charge in [0.25, 0.3) is 0 Å². The third-order valence-electron chi connectivity index (χ3n) is 4.08. The number of pyridine rings is 1. The zero-order valence-corrected chi connectivity index (χ0v) is 14.2. The number of imidazole rings is 1. The molecule has 0 unspecified atom stereocenters. The molecule has 1 atom stereocenters. The van der Waals surface area contributed by atoms with Crippen molar-refractivity contribution in [3.8, 4) is 0 Å². The number of amides is 1. The number of aromatic nitrogens is 3. The monoisotopic (exact) mass is 333 g/mol. The normalized spacial score (nSPS) is 18.8. The predicted octanol–water partition coefficient (Wildman–Crippen LogP) is 1.88. The summed E-state index contributed by atoms with van der Waals surface area (Å²) < 4.78 is 7.11. The maximum atomic E-state index is 12.4. The Labute approximate surface area is 139 Å². The van der Waals surface area contributed by atoms with Crippen LogP contribution in [0.15, 0.2) is 17.1 Å². The third kappa shape index (κ3) is 3.08. The molecular formula is C16H23N5O3. The first kappa shape index (κ1) is 16.4. The van der Waals surface area contributed by atoms with Crippen LogP contribution in [0.3, 0.4) is 0 Å². The molecule has 24 heavy (non-hydrogen) atoms. The molecule has 0 bridgehead atoms. The number of likely N-dealkylation sites (tertiary alicyclic amines) is 1. The summed E-state index contributed by atoms with van der Waals surface area (Å²) in [6.07, 6.45) is 2.86. The number of hydrogen-bond donors (Lipinski definition) is 2. The quantitative estimate of drug-likeness (QED) is 0.829. The Morgan fingerprint density at radius 2 is 2.21 bits per heavy atom. The van der Waals surface area contributed by atoms with Gasteiger partial charge in [-0.25, -0.2) is 14.6 Å². The molecule has 8 nitrogen and oxygen atoms in total. The van der Waals surface area contributed by atoms with E-state index in [0.717, 1.165) is 12.8 Å². The van der Waals surface area contributed by atoms with E-state index in [1.165, 1.54) is 0 Å². The van der Waals surface area contributed by atoms with Gasteiger partial charge in [0.05, 0.1) is 11.6 Å².